The van der Waals surface area contributed by atoms with Crippen molar-refractivity contribution in [1.29, 1.82) is 0 Å². The second-order valence-electron chi connectivity index (χ2n) is 6.64. The standard InChI is InChI=1S/C23H21N3O2/c1-16-8-10-18(11-9-16)24-15-21-23(17-6-4-3-5-7-17)26(27)22-13-12-19(28-2)14-20(22)25-21/h3-14,24H,15H2,1-2H3. The van der Waals surface area contributed by atoms with Crippen molar-refractivity contribution in [2.75, 3.05) is 12.4 Å². The molecule has 4 aromatic rings. The van der Waals surface area contributed by atoms with Gasteiger partial charge in [0.15, 0.2) is 0 Å². The summed E-state index contributed by atoms with van der Waals surface area (Å²) in [6.45, 7) is 2.48. The molecule has 0 amide bonds. The zero-order valence-electron chi connectivity index (χ0n) is 15.8. The highest BCUT2D eigenvalue weighted by Crippen LogP contribution is 2.24. The van der Waals surface area contributed by atoms with Gasteiger partial charge in [-0.05, 0) is 37.3 Å². The van der Waals surface area contributed by atoms with Crippen molar-refractivity contribution in [2.24, 2.45) is 0 Å². The van der Waals surface area contributed by atoms with Gasteiger partial charge in [0.1, 0.15) is 17.0 Å². The number of aromatic nitrogens is 2. The Labute approximate surface area is 163 Å². The summed E-state index contributed by atoms with van der Waals surface area (Å²) in [4.78, 5) is 4.79. The molecule has 1 aromatic heterocycles. The molecule has 0 aliphatic carbocycles. The predicted octanol–water partition coefficient (Wildman–Crippen LogP) is 4.46. The number of aryl methyl sites for hydroxylation is 1. The molecule has 5 nitrogen and oxygen atoms in total. The van der Waals surface area contributed by atoms with Gasteiger partial charge in [0.25, 0.3) is 0 Å². The van der Waals surface area contributed by atoms with Gasteiger partial charge in [-0.2, -0.15) is 4.73 Å². The van der Waals surface area contributed by atoms with E-state index in [4.69, 9.17) is 9.72 Å². The molecular formula is C23H21N3O2. The van der Waals surface area contributed by atoms with Crippen LogP contribution in [0.25, 0.3) is 22.3 Å². The second-order valence-corrected chi connectivity index (χ2v) is 6.64. The van der Waals surface area contributed by atoms with Gasteiger partial charge in [-0.1, -0.05) is 35.9 Å². The number of hydrogen-bond acceptors (Lipinski definition) is 4. The summed E-state index contributed by atoms with van der Waals surface area (Å²) in [5.74, 6) is 0.671. The van der Waals surface area contributed by atoms with Crippen LogP contribution in [-0.2, 0) is 6.54 Å². The average molecular weight is 371 g/mol. The third-order valence-corrected chi connectivity index (χ3v) is 4.69. The molecule has 0 spiro atoms. The number of methoxy groups -OCH3 is 1. The molecule has 28 heavy (non-hydrogen) atoms. The Kier molecular flexibility index (Phi) is 4.81. The lowest BCUT2D eigenvalue weighted by Crippen LogP contribution is -2.33. The lowest BCUT2D eigenvalue weighted by molar-refractivity contribution is -0.565. The molecule has 5 heteroatoms. The van der Waals surface area contributed by atoms with Gasteiger partial charge >= 0.3 is 0 Å². The molecule has 140 valence electrons. The Morgan fingerprint density at radius 2 is 1.75 bits per heavy atom. The van der Waals surface area contributed by atoms with Crippen molar-refractivity contribution in [3.63, 3.8) is 0 Å². The zero-order chi connectivity index (χ0) is 19.5. The fourth-order valence-corrected chi connectivity index (χ4v) is 3.19. The summed E-state index contributed by atoms with van der Waals surface area (Å²) < 4.78 is 6.25. The number of nitrogens with one attached hydrogen (secondary N) is 1. The van der Waals surface area contributed by atoms with Crippen molar-refractivity contribution in [3.05, 3.63) is 89.3 Å². The Bertz CT molecular complexity index is 1110. The molecule has 0 fully saturated rings. The van der Waals surface area contributed by atoms with Crippen LogP contribution in [0.5, 0.6) is 5.75 Å². The Hall–Kier alpha value is -3.60. The minimum absolute atomic E-state index is 0.433. The minimum Gasteiger partial charge on any atom is -0.618 e. The van der Waals surface area contributed by atoms with Gasteiger partial charge in [-0.15, -0.1) is 0 Å². The van der Waals surface area contributed by atoms with Crippen LogP contribution >= 0.6 is 0 Å². The van der Waals surface area contributed by atoms with E-state index in [1.165, 1.54) is 5.56 Å². The molecule has 1 N–H and O–H groups in total. The van der Waals surface area contributed by atoms with Crippen LogP contribution in [0.1, 0.15) is 11.3 Å². The largest absolute Gasteiger partial charge is 0.618 e. The molecule has 0 aliphatic heterocycles. The Morgan fingerprint density at radius 3 is 2.46 bits per heavy atom. The topological polar surface area (TPSA) is 61.1 Å². The van der Waals surface area contributed by atoms with E-state index in [-0.39, 0.29) is 0 Å². The molecule has 3 aromatic carbocycles. The number of fused-ring (bicyclic) bond motifs is 1. The number of rotatable bonds is 5. The minimum atomic E-state index is 0.433. The van der Waals surface area contributed by atoms with Crippen molar-refractivity contribution in [1.82, 2.24) is 4.98 Å². The van der Waals surface area contributed by atoms with Gasteiger partial charge in [0.2, 0.25) is 11.2 Å². The molecule has 0 radical (unpaired) electrons. The summed E-state index contributed by atoms with van der Waals surface area (Å²) in [6, 6.07) is 23.1. The maximum atomic E-state index is 13.2. The average Bonchev–Trinajstić information content (AvgIpc) is 2.73. The van der Waals surface area contributed by atoms with Crippen LogP contribution in [0.15, 0.2) is 72.8 Å². The highest BCUT2D eigenvalue weighted by Gasteiger charge is 2.21. The monoisotopic (exact) mass is 371 g/mol. The van der Waals surface area contributed by atoms with E-state index in [0.717, 1.165) is 16.0 Å². The van der Waals surface area contributed by atoms with Crippen LogP contribution in [0.2, 0.25) is 0 Å². The third-order valence-electron chi connectivity index (χ3n) is 4.69. The first-order valence-electron chi connectivity index (χ1n) is 9.12. The molecule has 1 heterocycles. The molecular weight excluding hydrogens is 350 g/mol. The van der Waals surface area contributed by atoms with Crippen LogP contribution in [0.4, 0.5) is 5.69 Å². The van der Waals surface area contributed by atoms with E-state index in [9.17, 15) is 5.21 Å². The molecule has 0 aliphatic rings. The molecule has 0 atom stereocenters. The SMILES string of the molecule is COc1ccc2c(c1)nc(CNc1ccc(C)cc1)c(-c1ccccc1)[n+]2[O-]. The maximum Gasteiger partial charge on any atom is 0.247 e. The fourth-order valence-electron chi connectivity index (χ4n) is 3.19. The summed E-state index contributed by atoms with van der Waals surface area (Å²) in [7, 11) is 1.60. The van der Waals surface area contributed by atoms with Crippen molar-refractivity contribution in [2.45, 2.75) is 13.5 Å². The predicted molar refractivity (Wildman–Crippen MR) is 111 cm³/mol. The lowest BCUT2D eigenvalue weighted by Gasteiger charge is -2.14. The van der Waals surface area contributed by atoms with Gasteiger partial charge in [-0.25, -0.2) is 4.98 Å². The number of anilines is 1. The van der Waals surface area contributed by atoms with E-state index >= 15 is 0 Å². The molecule has 0 bridgehead atoms. The molecule has 0 saturated heterocycles. The maximum absolute atomic E-state index is 13.2. The van der Waals surface area contributed by atoms with Crippen molar-refractivity contribution in [3.8, 4) is 17.0 Å². The first-order chi connectivity index (χ1) is 13.7. The summed E-state index contributed by atoms with van der Waals surface area (Å²) in [6.07, 6.45) is 0. The molecule has 0 saturated carbocycles. The van der Waals surface area contributed by atoms with E-state index in [0.29, 0.717) is 34.7 Å². The van der Waals surface area contributed by atoms with E-state index in [1.54, 1.807) is 25.3 Å². The van der Waals surface area contributed by atoms with Crippen LogP contribution in [-0.4, -0.2) is 12.1 Å². The van der Waals surface area contributed by atoms with E-state index < -0.39 is 0 Å². The smallest absolute Gasteiger partial charge is 0.247 e. The highest BCUT2D eigenvalue weighted by molar-refractivity contribution is 5.76. The number of benzene rings is 3. The number of hydrogen-bond donors (Lipinski definition) is 1. The first-order valence-corrected chi connectivity index (χ1v) is 9.12. The highest BCUT2D eigenvalue weighted by atomic mass is 16.5. The Balaban J connectivity index is 1.82. The summed E-state index contributed by atoms with van der Waals surface area (Å²) in [5.41, 5.74) is 5.37. The first kappa shape index (κ1) is 17.8. The van der Waals surface area contributed by atoms with E-state index in [2.05, 4.69) is 12.2 Å². The normalized spacial score (nSPS) is 10.8. The van der Waals surface area contributed by atoms with Crippen LogP contribution < -0.4 is 14.8 Å². The van der Waals surface area contributed by atoms with Crippen LogP contribution in [0, 0.1) is 12.1 Å². The summed E-state index contributed by atoms with van der Waals surface area (Å²) in [5, 5.41) is 16.6. The zero-order valence-corrected chi connectivity index (χ0v) is 15.8. The summed E-state index contributed by atoms with van der Waals surface area (Å²) >= 11 is 0. The van der Waals surface area contributed by atoms with Crippen molar-refractivity contribution < 1.29 is 9.47 Å². The molecule has 0 unspecified atom stereocenters. The van der Waals surface area contributed by atoms with Gasteiger partial charge in [-0.3, -0.25) is 0 Å². The fraction of sp³-hybridized carbons (Fsp3) is 0.130. The quantitative estimate of drug-likeness (QED) is 0.415. The molecule has 4 rings (SSSR count). The number of ether oxygens (including phenoxy) is 1. The van der Waals surface area contributed by atoms with Crippen molar-refractivity contribution >= 4 is 16.7 Å². The number of nitrogens with zero attached hydrogens (tertiary/aromatic N) is 2. The van der Waals surface area contributed by atoms with Gasteiger partial charge in [0, 0.05) is 23.4 Å². The Morgan fingerprint density at radius 1 is 1.00 bits per heavy atom. The second kappa shape index (κ2) is 7.56. The van der Waals surface area contributed by atoms with Gasteiger partial charge < -0.3 is 15.3 Å². The van der Waals surface area contributed by atoms with Gasteiger partial charge in [0.05, 0.1) is 13.7 Å². The van der Waals surface area contributed by atoms with Crippen LogP contribution in [0.3, 0.4) is 0 Å². The van der Waals surface area contributed by atoms with E-state index in [1.807, 2.05) is 54.6 Å². The third kappa shape index (κ3) is 3.47. The lowest BCUT2D eigenvalue weighted by atomic mass is 10.1.